The number of carboxylic acid groups (broad SMARTS) is 3. The van der Waals surface area contributed by atoms with Gasteiger partial charge in [0.25, 0.3) is 16.3 Å². The third-order valence-electron chi connectivity index (χ3n) is 3.24. The Labute approximate surface area is 202 Å². The van der Waals surface area contributed by atoms with Gasteiger partial charge in [-0.15, -0.1) is 0 Å². The predicted molar refractivity (Wildman–Crippen MR) is 110 cm³/mol. The molecular weight excluding hydrogens is 576 g/mol. The summed E-state index contributed by atoms with van der Waals surface area (Å²) < 4.78 is 81.6. The minimum absolute atomic E-state index is 0.156. The van der Waals surface area contributed by atoms with Crippen LogP contribution < -0.4 is 0 Å². The summed E-state index contributed by atoms with van der Waals surface area (Å²) in [4.78, 5) is 28.7. The number of rotatable bonds is 10. The van der Waals surface area contributed by atoms with Gasteiger partial charge >= 0.3 is 48.3 Å². The van der Waals surface area contributed by atoms with Crippen molar-refractivity contribution in [2.75, 3.05) is 19.8 Å². The van der Waals surface area contributed by atoms with Crippen molar-refractivity contribution in [3.8, 4) is 0 Å². The lowest BCUT2D eigenvalue weighted by molar-refractivity contribution is -0.143. The van der Waals surface area contributed by atoms with Crippen LogP contribution in [-0.4, -0.2) is 139 Å². The molecule has 21 nitrogen and oxygen atoms in total. The van der Waals surface area contributed by atoms with E-state index in [1.54, 1.807) is 0 Å². The van der Waals surface area contributed by atoms with E-state index in [0.29, 0.717) is 6.42 Å². The van der Waals surface area contributed by atoms with E-state index in [1.807, 2.05) is 6.92 Å². The summed E-state index contributed by atoms with van der Waals surface area (Å²) >= 11 is 0. The Morgan fingerprint density at radius 1 is 0.583 bits per heavy atom. The maximum atomic E-state index is 9.70. The number of carbonyl (C=O) groups is 3. The van der Waals surface area contributed by atoms with E-state index in [9.17, 15) is 39.6 Å². The molecule has 0 saturated carbocycles. The molecule has 12 N–H and O–H groups in total. The second-order valence-corrected chi connectivity index (χ2v) is 10.4. The van der Waals surface area contributed by atoms with Crippen molar-refractivity contribution in [2.24, 2.45) is 5.41 Å². The Balaban J connectivity index is -0.000000190. The average molecular weight is 603 g/mol. The standard InChI is InChI=1S/C6H14O3.3C2H4O6S/c1-2-6(3-7,4-8)5-9;3*3-1(4)2(5)9(6,7)8/h7-9H,2-5H2,1H3;3*2,5H,(H,3,4)(H,6,7,8). The monoisotopic (exact) mass is 602 g/mol. The van der Waals surface area contributed by atoms with Crippen molar-refractivity contribution >= 4 is 48.3 Å². The highest BCUT2D eigenvalue weighted by Gasteiger charge is 2.28. The summed E-state index contributed by atoms with van der Waals surface area (Å²) in [6.07, 6.45) is 0.594. The Morgan fingerprint density at radius 2 is 0.750 bits per heavy atom. The van der Waals surface area contributed by atoms with Crippen LogP contribution in [0.25, 0.3) is 0 Å². The van der Waals surface area contributed by atoms with Gasteiger partial charge in [-0.25, -0.2) is 14.4 Å². The summed E-state index contributed by atoms with van der Waals surface area (Å²) in [5.74, 6) is -6.01. The Hall–Kier alpha value is -2.10. The molecule has 0 bridgehead atoms. The topological polar surface area (TPSA) is 396 Å². The van der Waals surface area contributed by atoms with E-state index in [0.717, 1.165) is 0 Å². The number of aliphatic hydroxyl groups is 6. The maximum Gasteiger partial charge on any atom is 0.351 e. The van der Waals surface area contributed by atoms with Crippen LogP contribution in [-0.2, 0) is 44.7 Å². The van der Waals surface area contributed by atoms with Crippen LogP contribution in [0.2, 0.25) is 0 Å². The molecule has 0 saturated heterocycles. The third-order valence-corrected chi connectivity index (χ3v) is 5.53. The fraction of sp³-hybridized carbons (Fsp3) is 0.750. The van der Waals surface area contributed by atoms with E-state index in [2.05, 4.69) is 0 Å². The summed E-state index contributed by atoms with van der Waals surface area (Å²) in [5, 5.41) is 73.2. The summed E-state index contributed by atoms with van der Waals surface area (Å²) in [6.45, 7) is 1.35. The molecule has 0 heterocycles. The lowest BCUT2D eigenvalue weighted by Crippen LogP contribution is -2.32. The molecule has 24 heteroatoms. The van der Waals surface area contributed by atoms with Gasteiger partial charge < -0.3 is 46.0 Å². The van der Waals surface area contributed by atoms with Gasteiger partial charge in [0.2, 0.25) is 0 Å². The maximum absolute atomic E-state index is 9.70. The lowest BCUT2D eigenvalue weighted by Gasteiger charge is -2.24. The largest absolute Gasteiger partial charge is 0.478 e. The van der Waals surface area contributed by atoms with Crippen LogP contribution >= 0.6 is 0 Å². The van der Waals surface area contributed by atoms with Gasteiger partial charge in [-0.05, 0) is 6.42 Å². The molecule has 0 aromatic carbocycles. The molecule has 0 aliphatic carbocycles. The molecule has 0 spiro atoms. The van der Waals surface area contributed by atoms with Crippen LogP contribution in [0.15, 0.2) is 0 Å². The fourth-order valence-electron chi connectivity index (χ4n) is 0.868. The second kappa shape index (κ2) is 17.4. The molecular formula is C12H26O21S3. The van der Waals surface area contributed by atoms with Crippen molar-refractivity contribution in [1.29, 1.82) is 0 Å². The fourth-order valence-corrected chi connectivity index (χ4v) is 1.63. The lowest BCUT2D eigenvalue weighted by atomic mass is 9.88. The summed E-state index contributed by atoms with van der Waals surface area (Å²) in [5.41, 5.74) is -8.88. The Kier molecular flexibility index (Phi) is 19.8. The van der Waals surface area contributed by atoms with Gasteiger partial charge in [0.05, 0.1) is 19.8 Å². The van der Waals surface area contributed by atoms with Crippen LogP contribution in [0.3, 0.4) is 0 Å². The van der Waals surface area contributed by atoms with Crippen molar-refractivity contribution in [1.82, 2.24) is 0 Å². The molecule has 218 valence electrons. The quantitative estimate of drug-likeness (QED) is 0.103. The summed E-state index contributed by atoms with van der Waals surface area (Å²) in [6, 6.07) is 0. The predicted octanol–water partition coefficient (Wildman–Crippen LogP) is -5.81. The second-order valence-electron chi connectivity index (χ2n) is 5.94. The van der Waals surface area contributed by atoms with Crippen LogP contribution in [0, 0.1) is 5.41 Å². The van der Waals surface area contributed by atoms with Gasteiger partial charge in [-0.3, -0.25) is 13.7 Å². The molecule has 3 atom stereocenters. The van der Waals surface area contributed by atoms with Crippen molar-refractivity contribution in [3.63, 3.8) is 0 Å². The smallest absolute Gasteiger partial charge is 0.351 e. The highest BCUT2D eigenvalue weighted by molar-refractivity contribution is 7.87. The van der Waals surface area contributed by atoms with E-state index in [1.165, 1.54) is 0 Å². The minimum Gasteiger partial charge on any atom is -0.478 e. The van der Waals surface area contributed by atoms with Crippen LogP contribution in [0.4, 0.5) is 0 Å². The molecule has 0 aliphatic rings. The van der Waals surface area contributed by atoms with Gasteiger partial charge in [-0.2, -0.15) is 25.3 Å². The Morgan fingerprint density at radius 3 is 0.750 bits per heavy atom. The number of aliphatic carboxylic acids is 3. The highest BCUT2D eigenvalue weighted by atomic mass is 32.2. The zero-order chi connectivity index (χ0) is 30.3. The first-order valence-electron chi connectivity index (χ1n) is 8.25. The van der Waals surface area contributed by atoms with Crippen molar-refractivity contribution < 1.29 is 99.3 Å². The number of aliphatic hydroxyl groups excluding tert-OH is 6. The first kappa shape index (κ1) is 41.0. The zero-order valence-corrected chi connectivity index (χ0v) is 20.3. The van der Waals surface area contributed by atoms with Crippen molar-refractivity contribution in [2.45, 2.75) is 29.7 Å². The van der Waals surface area contributed by atoms with Crippen molar-refractivity contribution in [3.05, 3.63) is 0 Å². The minimum atomic E-state index is -4.85. The normalized spacial score (nSPS) is 14.2. The van der Waals surface area contributed by atoms with Gasteiger partial charge in [0.1, 0.15) is 0 Å². The molecule has 0 rings (SSSR count). The molecule has 0 radical (unpaired) electrons. The molecule has 3 unspecified atom stereocenters. The molecule has 0 amide bonds. The van der Waals surface area contributed by atoms with E-state index in [-0.39, 0.29) is 19.8 Å². The highest BCUT2D eigenvalue weighted by Crippen LogP contribution is 2.18. The summed E-state index contributed by atoms with van der Waals surface area (Å²) in [7, 11) is -14.5. The molecule has 0 aromatic rings. The number of carboxylic acids is 3. The van der Waals surface area contributed by atoms with Crippen LogP contribution in [0.5, 0.6) is 0 Å². The van der Waals surface area contributed by atoms with Gasteiger partial charge in [0.15, 0.2) is 0 Å². The van der Waals surface area contributed by atoms with Gasteiger partial charge in [0, 0.05) is 5.41 Å². The molecule has 0 fully saturated rings. The molecule has 0 aliphatic heterocycles. The van der Waals surface area contributed by atoms with E-state index < -0.39 is 70.0 Å². The van der Waals surface area contributed by atoms with Crippen LogP contribution in [0.1, 0.15) is 13.3 Å². The SMILES string of the molecule is CCC(CO)(CO)CO.O=C(O)C(O)S(=O)(=O)O.O=C(O)C(O)S(=O)(=O)O.O=C(O)C(O)S(=O)(=O)O. The molecule has 0 aromatic heterocycles. The zero-order valence-electron chi connectivity index (χ0n) is 17.8. The Bertz CT molecular complexity index is 861. The number of hydrogen-bond donors (Lipinski definition) is 12. The first-order valence-corrected chi connectivity index (χ1v) is 12.8. The third kappa shape index (κ3) is 19.1. The first-order chi connectivity index (χ1) is 15.8. The average Bonchev–Trinajstić information content (AvgIpc) is 2.73. The van der Waals surface area contributed by atoms with E-state index in [4.69, 9.17) is 59.6 Å². The van der Waals surface area contributed by atoms with E-state index >= 15 is 0 Å². The number of hydrogen-bond acceptors (Lipinski definition) is 15. The molecule has 36 heavy (non-hydrogen) atoms. The van der Waals surface area contributed by atoms with Gasteiger partial charge in [-0.1, -0.05) is 6.92 Å².